The van der Waals surface area contributed by atoms with Crippen LogP contribution in [-0.4, -0.2) is 63.0 Å². The molecular weight excluding hydrogens is 339 g/mol. The molecule has 0 radical (unpaired) electrons. The van der Waals surface area contributed by atoms with Crippen molar-refractivity contribution < 1.29 is 22.7 Å². The Morgan fingerprint density at radius 3 is 2.72 bits per heavy atom. The van der Waals surface area contributed by atoms with Gasteiger partial charge in [0.2, 0.25) is 0 Å². The van der Waals surface area contributed by atoms with Crippen molar-refractivity contribution in [2.45, 2.75) is 25.1 Å². The van der Waals surface area contributed by atoms with Gasteiger partial charge in [-0.3, -0.25) is 4.79 Å². The van der Waals surface area contributed by atoms with E-state index in [1.807, 2.05) is 0 Å². The average molecular weight is 355 g/mol. The zero-order valence-corrected chi connectivity index (χ0v) is 13.2. The first kappa shape index (κ1) is 17.3. The van der Waals surface area contributed by atoms with Crippen LogP contribution in [-0.2, 0) is 4.74 Å². The molecule has 10 heteroatoms. The molecule has 1 saturated heterocycles. The van der Waals surface area contributed by atoms with E-state index in [1.165, 1.54) is 23.1 Å². The summed E-state index contributed by atoms with van der Waals surface area (Å²) in [5.41, 5.74) is 0.651. The normalized spacial score (nSPS) is 16.0. The molecule has 0 N–H and O–H groups in total. The van der Waals surface area contributed by atoms with Crippen LogP contribution >= 0.6 is 0 Å². The van der Waals surface area contributed by atoms with Gasteiger partial charge >= 0.3 is 6.18 Å². The fraction of sp³-hybridized carbons (Fsp3) is 0.467. The van der Waals surface area contributed by atoms with Crippen molar-refractivity contribution in [3.8, 4) is 5.69 Å². The second kappa shape index (κ2) is 7.18. The second-order valence-electron chi connectivity index (χ2n) is 5.70. The highest BCUT2D eigenvalue weighted by Gasteiger charge is 2.37. The Balaban J connectivity index is 1.87. The summed E-state index contributed by atoms with van der Waals surface area (Å²) in [5.74, 6) is -0.667. The number of carbonyl (C=O) groups is 1. The molecular formula is C15H16F3N5O2. The molecule has 0 aliphatic carbocycles. The summed E-state index contributed by atoms with van der Waals surface area (Å²) in [4.78, 5) is 13.7. The number of hydrogen-bond donors (Lipinski definition) is 0. The topological polar surface area (TPSA) is 73.1 Å². The highest BCUT2D eigenvalue weighted by molar-refractivity contribution is 5.95. The minimum Gasteiger partial charge on any atom is -0.381 e. The van der Waals surface area contributed by atoms with Crippen molar-refractivity contribution in [2.24, 2.45) is 0 Å². The van der Waals surface area contributed by atoms with Crippen LogP contribution in [0.2, 0.25) is 0 Å². The van der Waals surface area contributed by atoms with E-state index in [0.29, 0.717) is 31.7 Å². The zero-order chi connectivity index (χ0) is 17.9. The molecule has 1 amide bonds. The van der Waals surface area contributed by atoms with Crippen molar-refractivity contribution in [3.05, 3.63) is 36.2 Å². The van der Waals surface area contributed by atoms with Gasteiger partial charge in [-0.2, -0.15) is 13.2 Å². The Morgan fingerprint density at radius 2 is 2.08 bits per heavy atom. The predicted molar refractivity (Wildman–Crippen MR) is 80.1 cm³/mol. The molecule has 25 heavy (non-hydrogen) atoms. The Morgan fingerprint density at radius 1 is 1.32 bits per heavy atom. The standard InChI is InChI=1S/C15H16F3N5O2/c16-15(17,18)9-22(12-4-6-25-7-5-12)14(24)11-2-1-3-13(8-11)23-10-19-20-21-23/h1-3,8,10,12H,4-7,9H2. The fourth-order valence-corrected chi connectivity index (χ4v) is 2.78. The first-order chi connectivity index (χ1) is 11.9. The van der Waals surface area contributed by atoms with Crippen LogP contribution in [0.1, 0.15) is 23.2 Å². The van der Waals surface area contributed by atoms with Crippen molar-refractivity contribution in [3.63, 3.8) is 0 Å². The minimum atomic E-state index is -4.47. The predicted octanol–water partition coefficient (Wildman–Crippen LogP) is 1.85. The summed E-state index contributed by atoms with van der Waals surface area (Å²) in [7, 11) is 0. The lowest BCUT2D eigenvalue weighted by molar-refractivity contribution is -0.147. The molecule has 1 fully saturated rings. The number of hydrogen-bond acceptors (Lipinski definition) is 5. The maximum atomic E-state index is 13.0. The van der Waals surface area contributed by atoms with E-state index in [-0.39, 0.29) is 5.56 Å². The highest BCUT2D eigenvalue weighted by atomic mass is 19.4. The lowest BCUT2D eigenvalue weighted by Gasteiger charge is -2.35. The number of alkyl halides is 3. The Kier molecular flexibility index (Phi) is 4.98. The minimum absolute atomic E-state index is 0.156. The van der Waals surface area contributed by atoms with Gasteiger partial charge < -0.3 is 9.64 Å². The molecule has 1 aliphatic heterocycles. The second-order valence-corrected chi connectivity index (χ2v) is 5.70. The molecule has 0 bridgehead atoms. The summed E-state index contributed by atoms with van der Waals surface area (Å²) in [6.45, 7) is -0.598. The number of benzene rings is 1. The van der Waals surface area contributed by atoms with Gasteiger partial charge in [-0.05, 0) is 41.5 Å². The molecule has 0 unspecified atom stereocenters. The van der Waals surface area contributed by atoms with Crippen molar-refractivity contribution in [2.75, 3.05) is 19.8 Å². The van der Waals surface area contributed by atoms with Gasteiger partial charge in [0.05, 0.1) is 5.69 Å². The molecule has 0 spiro atoms. The monoisotopic (exact) mass is 355 g/mol. The van der Waals surface area contributed by atoms with E-state index in [4.69, 9.17) is 4.74 Å². The number of amides is 1. The molecule has 3 rings (SSSR count). The number of carbonyl (C=O) groups excluding carboxylic acids is 1. The summed E-state index contributed by atoms with van der Waals surface area (Å²) in [6, 6.07) is 5.70. The Bertz CT molecular complexity index is 714. The average Bonchev–Trinajstić information content (AvgIpc) is 3.14. The third-order valence-corrected chi connectivity index (χ3v) is 3.95. The number of tetrazole rings is 1. The molecule has 1 aromatic heterocycles. The maximum absolute atomic E-state index is 13.0. The summed E-state index contributed by atoms with van der Waals surface area (Å²) in [6.07, 6.45) is -2.36. The first-order valence-corrected chi connectivity index (χ1v) is 7.73. The van der Waals surface area contributed by atoms with Gasteiger partial charge in [0.1, 0.15) is 12.9 Å². The SMILES string of the molecule is O=C(c1cccc(-n2cnnn2)c1)N(CC(F)(F)F)C1CCOCC1. The van der Waals surface area contributed by atoms with E-state index < -0.39 is 24.7 Å². The quantitative estimate of drug-likeness (QED) is 0.837. The number of aromatic nitrogens is 4. The van der Waals surface area contributed by atoms with E-state index in [1.54, 1.807) is 12.1 Å². The third-order valence-electron chi connectivity index (χ3n) is 3.95. The van der Waals surface area contributed by atoms with E-state index in [2.05, 4.69) is 15.5 Å². The lowest BCUT2D eigenvalue weighted by atomic mass is 10.0. The van der Waals surface area contributed by atoms with Crippen LogP contribution in [0, 0.1) is 0 Å². The van der Waals surface area contributed by atoms with Gasteiger partial charge in [-0.1, -0.05) is 6.07 Å². The van der Waals surface area contributed by atoms with Crippen molar-refractivity contribution >= 4 is 5.91 Å². The lowest BCUT2D eigenvalue weighted by Crippen LogP contribution is -2.47. The number of rotatable bonds is 4. The molecule has 134 valence electrons. The maximum Gasteiger partial charge on any atom is 0.406 e. The van der Waals surface area contributed by atoms with Gasteiger partial charge in [-0.25, -0.2) is 4.68 Å². The van der Waals surface area contributed by atoms with Gasteiger partial charge in [0.25, 0.3) is 5.91 Å². The van der Waals surface area contributed by atoms with Gasteiger partial charge in [0.15, 0.2) is 0 Å². The van der Waals surface area contributed by atoms with Crippen LogP contribution in [0.25, 0.3) is 5.69 Å². The number of ether oxygens (including phenoxy) is 1. The molecule has 1 aliphatic rings. The molecule has 7 nitrogen and oxygen atoms in total. The smallest absolute Gasteiger partial charge is 0.381 e. The van der Waals surface area contributed by atoms with E-state index in [9.17, 15) is 18.0 Å². The van der Waals surface area contributed by atoms with Crippen LogP contribution in [0.4, 0.5) is 13.2 Å². The number of halogens is 3. The summed E-state index contributed by atoms with van der Waals surface area (Å²) < 4.78 is 45.5. The molecule has 2 heterocycles. The van der Waals surface area contributed by atoms with Crippen LogP contribution in [0.15, 0.2) is 30.6 Å². The molecule has 2 aromatic rings. The van der Waals surface area contributed by atoms with E-state index >= 15 is 0 Å². The number of nitrogens with zero attached hydrogens (tertiary/aromatic N) is 5. The molecule has 0 saturated carbocycles. The largest absolute Gasteiger partial charge is 0.406 e. The fourth-order valence-electron chi connectivity index (χ4n) is 2.78. The van der Waals surface area contributed by atoms with Crippen LogP contribution in [0.3, 0.4) is 0 Å². The molecule has 1 aromatic carbocycles. The van der Waals surface area contributed by atoms with Crippen LogP contribution in [0.5, 0.6) is 0 Å². The van der Waals surface area contributed by atoms with Gasteiger partial charge in [0, 0.05) is 24.8 Å². The van der Waals surface area contributed by atoms with Gasteiger partial charge in [-0.15, -0.1) is 5.10 Å². The van der Waals surface area contributed by atoms with Crippen LogP contribution < -0.4 is 0 Å². The zero-order valence-electron chi connectivity index (χ0n) is 13.2. The third kappa shape index (κ3) is 4.32. The summed E-state index contributed by atoms with van der Waals surface area (Å²) in [5, 5.41) is 10.7. The Labute approximate surface area is 141 Å². The first-order valence-electron chi connectivity index (χ1n) is 7.73. The van der Waals surface area contributed by atoms with Crippen molar-refractivity contribution in [1.82, 2.24) is 25.1 Å². The molecule has 0 atom stereocenters. The van der Waals surface area contributed by atoms with Crippen molar-refractivity contribution in [1.29, 1.82) is 0 Å². The highest BCUT2D eigenvalue weighted by Crippen LogP contribution is 2.24. The van der Waals surface area contributed by atoms with E-state index in [0.717, 1.165) is 4.90 Å². The summed E-state index contributed by atoms with van der Waals surface area (Å²) >= 11 is 0. The Hall–Kier alpha value is -2.49.